The average Bonchev–Trinajstić information content (AvgIpc) is 2.92. The molecular formula is C18H29N3. The molecule has 2 fully saturated rings. The molecule has 1 aromatic rings. The zero-order valence-corrected chi connectivity index (χ0v) is 13.3. The number of benzene rings is 1. The van der Waals surface area contributed by atoms with Crippen LogP contribution in [0.25, 0.3) is 0 Å². The Labute approximate surface area is 129 Å². The van der Waals surface area contributed by atoms with Crippen molar-refractivity contribution in [3.8, 4) is 0 Å². The fourth-order valence-corrected chi connectivity index (χ4v) is 4.17. The standard InChI is InChI=1S/C18H29N3/c1-20-12-9-18(14-19,15-20)21-10-7-17(8-11-21)13-16-5-3-2-4-6-16/h2-6,17H,7-15,19H2,1H3. The summed E-state index contributed by atoms with van der Waals surface area (Å²) < 4.78 is 0. The van der Waals surface area contributed by atoms with Crippen LogP contribution in [0.3, 0.4) is 0 Å². The second-order valence-electron chi connectivity index (χ2n) is 7.04. The van der Waals surface area contributed by atoms with Gasteiger partial charge in [0.1, 0.15) is 0 Å². The molecule has 0 aromatic heterocycles. The minimum Gasteiger partial charge on any atom is -0.329 e. The Morgan fingerprint density at radius 1 is 1.14 bits per heavy atom. The molecule has 0 radical (unpaired) electrons. The summed E-state index contributed by atoms with van der Waals surface area (Å²) in [5, 5.41) is 0. The number of nitrogens with two attached hydrogens (primary N) is 1. The molecule has 0 amide bonds. The number of piperidine rings is 1. The van der Waals surface area contributed by atoms with Crippen LogP contribution in [0.1, 0.15) is 24.8 Å². The van der Waals surface area contributed by atoms with Gasteiger partial charge in [-0.25, -0.2) is 0 Å². The monoisotopic (exact) mass is 287 g/mol. The van der Waals surface area contributed by atoms with Gasteiger partial charge in [0.15, 0.2) is 0 Å². The highest BCUT2D eigenvalue weighted by Gasteiger charge is 2.41. The number of hydrogen-bond donors (Lipinski definition) is 1. The highest BCUT2D eigenvalue weighted by atomic mass is 15.3. The van der Waals surface area contributed by atoms with Gasteiger partial charge >= 0.3 is 0 Å². The van der Waals surface area contributed by atoms with E-state index >= 15 is 0 Å². The van der Waals surface area contributed by atoms with Crippen molar-refractivity contribution >= 4 is 0 Å². The molecule has 2 saturated heterocycles. The van der Waals surface area contributed by atoms with Crippen LogP contribution >= 0.6 is 0 Å². The Kier molecular flexibility index (Phi) is 4.63. The molecule has 116 valence electrons. The third-order valence-corrected chi connectivity index (χ3v) is 5.56. The van der Waals surface area contributed by atoms with E-state index in [0.29, 0.717) is 0 Å². The normalized spacial score (nSPS) is 29.0. The third-order valence-electron chi connectivity index (χ3n) is 5.56. The first-order valence-electron chi connectivity index (χ1n) is 8.39. The summed E-state index contributed by atoms with van der Waals surface area (Å²) in [6.45, 7) is 5.60. The van der Waals surface area contributed by atoms with Crippen LogP contribution in [0, 0.1) is 5.92 Å². The van der Waals surface area contributed by atoms with E-state index in [1.54, 1.807) is 0 Å². The lowest BCUT2D eigenvalue weighted by Crippen LogP contribution is -2.57. The molecule has 2 aliphatic rings. The van der Waals surface area contributed by atoms with Gasteiger partial charge in [-0.05, 0) is 63.8 Å². The topological polar surface area (TPSA) is 32.5 Å². The van der Waals surface area contributed by atoms with Crippen molar-refractivity contribution < 1.29 is 0 Å². The number of likely N-dealkylation sites (tertiary alicyclic amines) is 2. The lowest BCUT2D eigenvalue weighted by atomic mass is 9.86. The summed E-state index contributed by atoms with van der Waals surface area (Å²) in [6.07, 6.45) is 5.12. The van der Waals surface area contributed by atoms with Gasteiger partial charge in [-0.1, -0.05) is 30.3 Å². The Balaban J connectivity index is 1.55. The molecule has 0 bridgehead atoms. The van der Waals surface area contributed by atoms with Crippen LogP contribution in [0.15, 0.2) is 30.3 Å². The summed E-state index contributed by atoms with van der Waals surface area (Å²) in [5.74, 6) is 0.845. The molecule has 2 N–H and O–H groups in total. The number of rotatable bonds is 4. The highest BCUT2D eigenvalue weighted by Crippen LogP contribution is 2.31. The average molecular weight is 287 g/mol. The second-order valence-corrected chi connectivity index (χ2v) is 7.04. The van der Waals surface area contributed by atoms with Crippen molar-refractivity contribution in [1.82, 2.24) is 9.80 Å². The fraction of sp³-hybridized carbons (Fsp3) is 0.667. The van der Waals surface area contributed by atoms with Gasteiger partial charge in [0.2, 0.25) is 0 Å². The molecule has 0 aliphatic carbocycles. The van der Waals surface area contributed by atoms with E-state index in [4.69, 9.17) is 5.73 Å². The summed E-state index contributed by atoms with van der Waals surface area (Å²) >= 11 is 0. The van der Waals surface area contributed by atoms with Crippen LogP contribution in [0.5, 0.6) is 0 Å². The first-order chi connectivity index (χ1) is 10.2. The smallest absolute Gasteiger partial charge is 0.0470 e. The van der Waals surface area contributed by atoms with Crippen LogP contribution in [-0.2, 0) is 6.42 Å². The van der Waals surface area contributed by atoms with Gasteiger partial charge in [0.25, 0.3) is 0 Å². The Morgan fingerprint density at radius 3 is 2.43 bits per heavy atom. The van der Waals surface area contributed by atoms with Crippen LogP contribution in [0.4, 0.5) is 0 Å². The molecule has 1 atom stereocenters. The van der Waals surface area contributed by atoms with Crippen molar-refractivity contribution in [3.05, 3.63) is 35.9 Å². The maximum atomic E-state index is 6.15. The molecule has 0 saturated carbocycles. The first-order valence-corrected chi connectivity index (χ1v) is 8.39. The molecule has 0 spiro atoms. The van der Waals surface area contributed by atoms with Gasteiger partial charge in [-0.3, -0.25) is 4.90 Å². The van der Waals surface area contributed by atoms with Gasteiger partial charge in [-0.15, -0.1) is 0 Å². The van der Waals surface area contributed by atoms with Crippen molar-refractivity contribution in [2.45, 2.75) is 31.2 Å². The molecule has 1 aromatic carbocycles. The zero-order valence-electron chi connectivity index (χ0n) is 13.3. The molecule has 3 nitrogen and oxygen atoms in total. The molecule has 3 heteroatoms. The molecule has 2 aliphatic heterocycles. The van der Waals surface area contributed by atoms with Crippen molar-refractivity contribution in [1.29, 1.82) is 0 Å². The minimum absolute atomic E-state index is 0.256. The predicted molar refractivity (Wildman–Crippen MR) is 88.3 cm³/mol. The van der Waals surface area contributed by atoms with Crippen LogP contribution in [-0.4, -0.2) is 55.1 Å². The summed E-state index contributed by atoms with van der Waals surface area (Å²) in [7, 11) is 2.22. The van der Waals surface area contributed by atoms with E-state index in [2.05, 4.69) is 47.2 Å². The second kappa shape index (κ2) is 6.47. The van der Waals surface area contributed by atoms with Gasteiger partial charge in [0.05, 0.1) is 0 Å². The maximum Gasteiger partial charge on any atom is 0.0470 e. The fourth-order valence-electron chi connectivity index (χ4n) is 4.17. The van der Waals surface area contributed by atoms with E-state index in [1.165, 1.54) is 50.9 Å². The van der Waals surface area contributed by atoms with Gasteiger partial charge in [0, 0.05) is 18.6 Å². The Morgan fingerprint density at radius 2 is 1.86 bits per heavy atom. The molecule has 21 heavy (non-hydrogen) atoms. The third kappa shape index (κ3) is 3.31. The van der Waals surface area contributed by atoms with Crippen molar-refractivity contribution in [3.63, 3.8) is 0 Å². The van der Waals surface area contributed by atoms with Crippen LogP contribution in [0.2, 0.25) is 0 Å². The number of likely N-dealkylation sites (N-methyl/N-ethyl adjacent to an activating group) is 1. The van der Waals surface area contributed by atoms with Gasteiger partial charge < -0.3 is 10.6 Å². The predicted octanol–water partition coefficient (Wildman–Crippen LogP) is 1.97. The van der Waals surface area contributed by atoms with Crippen molar-refractivity contribution in [2.24, 2.45) is 11.7 Å². The Hall–Kier alpha value is -0.900. The minimum atomic E-state index is 0.256. The molecule has 2 heterocycles. The lowest BCUT2D eigenvalue weighted by Gasteiger charge is -2.44. The van der Waals surface area contributed by atoms with E-state index < -0.39 is 0 Å². The van der Waals surface area contributed by atoms with Crippen molar-refractivity contribution in [2.75, 3.05) is 39.8 Å². The SMILES string of the molecule is CN1CCC(CN)(N2CCC(Cc3ccccc3)CC2)C1. The highest BCUT2D eigenvalue weighted by molar-refractivity contribution is 5.15. The largest absolute Gasteiger partial charge is 0.329 e. The summed E-state index contributed by atoms with van der Waals surface area (Å²) in [6, 6.07) is 10.9. The number of nitrogens with zero attached hydrogens (tertiary/aromatic N) is 2. The molecule has 3 rings (SSSR count). The summed E-state index contributed by atoms with van der Waals surface area (Å²) in [5.41, 5.74) is 7.90. The van der Waals surface area contributed by atoms with E-state index in [-0.39, 0.29) is 5.54 Å². The summed E-state index contributed by atoms with van der Waals surface area (Å²) in [4.78, 5) is 5.13. The quantitative estimate of drug-likeness (QED) is 0.919. The lowest BCUT2D eigenvalue weighted by molar-refractivity contribution is 0.0617. The first kappa shape index (κ1) is 15.0. The maximum absolute atomic E-state index is 6.15. The van der Waals surface area contributed by atoms with Crippen LogP contribution < -0.4 is 5.73 Å². The van der Waals surface area contributed by atoms with E-state index in [9.17, 15) is 0 Å². The Bertz CT molecular complexity index is 439. The number of hydrogen-bond acceptors (Lipinski definition) is 3. The van der Waals surface area contributed by atoms with E-state index in [0.717, 1.165) is 19.0 Å². The van der Waals surface area contributed by atoms with Gasteiger partial charge in [-0.2, -0.15) is 0 Å². The zero-order chi connectivity index (χ0) is 14.7. The molecular weight excluding hydrogens is 258 g/mol. The molecule has 1 unspecified atom stereocenters. The van der Waals surface area contributed by atoms with E-state index in [1.807, 2.05) is 0 Å².